The van der Waals surface area contributed by atoms with E-state index in [1.165, 1.54) is 18.2 Å². The molecule has 0 radical (unpaired) electrons. The molecule has 1 amide bonds. The standard InChI is InChI=1S/C27H29F3N2O3/c1-32(14-27(15-33)6-8-35-9-7-27)26(34)18-10-17(11-18)23-21-12-20(29)13-22(30)25(21)31-24(23)16-2-4-19(28)5-3-16/h2-5,12-13,17-18,31,33H,6-11,14-15H2,1H3/t17-,18-. The first-order valence-corrected chi connectivity index (χ1v) is 12.0. The van der Waals surface area contributed by atoms with Crippen molar-refractivity contribution in [2.24, 2.45) is 11.3 Å². The Morgan fingerprint density at radius 2 is 1.80 bits per heavy atom. The fourth-order valence-corrected chi connectivity index (χ4v) is 5.63. The molecule has 1 saturated heterocycles. The van der Waals surface area contributed by atoms with E-state index in [-0.39, 0.29) is 41.1 Å². The number of aromatic amines is 1. The molecule has 8 heteroatoms. The van der Waals surface area contributed by atoms with Gasteiger partial charge >= 0.3 is 0 Å². The van der Waals surface area contributed by atoms with Gasteiger partial charge in [-0.25, -0.2) is 13.2 Å². The number of carbonyl (C=O) groups excluding carboxylic acids is 1. The van der Waals surface area contributed by atoms with E-state index in [1.807, 2.05) is 0 Å². The van der Waals surface area contributed by atoms with Gasteiger partial charge in [0.1, 0.15) is 17.5 Å². The van der Waals surface area contributed by atoms with Crippen molar-refractivity contribution < 1.29 is 27.8 Å². The maximum atomic E-state index is 14.6. The van der Waals surface area contributed by atoms with E-state index in [9.17, 15) is 23.1 Å². The summed E-state index contributed by atoms with van der Waals surface area (Å²) in [6.07, 6.45) is 2.53. The van der Waals surface area contributed by atoms with Crippen molar-refractivity contribution in [3.8, 4) is 11.3 Å². The molecule has 1 aliphatic carbocycles. The number of nitrogens with one attached hydrogen (secondary N) is 1. The summed E-state index contributed by atoms with van der Waals surface area (Å²) in [5.74, 6) is -2.00. The smallest absolute Gasteiger partial charge is 0.225 e. The molecule has 1 saturated carbocycles. The third-order valence-electron chi connectivity index (χ3n) is 7.73. The van der Waals surface area contributed by atoms with Gasteiger partial charge in [0, 0.05) is 49.6 Å². The van der Waals surface area contributed by atoms with E-state index in [0.717, 1.165) is 11.6 Å². The number of aliphatic hydroxyl groups is 1. The highest BCUT2D eigenvalue weighted by atomic mass is 19.1. The van der Waals surface area contributed by atoms with Crippen molar-refractivity contribution in [3.63, 3.8) is 0 Å². The molecule has 2 N–H and O–H groups in total. The first kappa shape index (κ1) is 23.9. The van der Waals surface area contributed by atoms with Gasteiger partial charge < -0.3 is 19.7 Å². The summed E-state index contributed by atoms with van der Waals surface area (Å²) < 4.78 is 47.7. The van der Waals surface area contributed by atoms with Crippen LogP contribution in [0.15, 0.2) is 36.4 Å². The van der Waals surface area contributed by atoms with Gasteiger partial charge in [0.2, 0.25) is 5.91 Å². The van der Waals surface area contributed by atoms with Crippen LogP contribution in [-0.4, -0.2) is 54.3 Å². The lowest BCUT2D eigenvalue weighted by Crippen LogP contribution is -2.47. The molecule has 5 nitrogen and oxygen atoms in total. The van der Waals surface area contributed by atoms with Crippen LogP contribution in [0.25, 0.3) is 22.2 Å². The number of ether oxygens (including phenoxy) is 1. The zero-order valence-electron chi connectivity index (χ0n) is 19.6. The topological polar surface area (TPSA) is 65.6 Å². The van der Waals surface area contributed by atoms with Crippen LogP contribution in [0.3, 0.4) is 0 Å². The summed E-state index contributed by atoms with van der Waals surface area (Å²) in [5, 5.41) is 10.4. The van der Waals surface area contributed by atoms with Crippen molar-refractivity contribution in [2.75, 3.05) is 33.4 Å². The number of hydrogen-bond donors (Lipinski definition) is 2. The fourth-order valence-electron chi connectivity index (χ4n) is 5.63. The molecular formula is C27H29F3N2O3. The normalized spacial score (nSPS) is 21.6. The number of nitrogens with zero attached hydrogens (tertiary/aromatic N) is 1. The number of rotatable bonds is 6. The highest BCUT2D eigenvalue weighted by molar-refractivity contribution is 5.92. The number of aromatic nitrogens is 1. The number of benzene rings is 2. The molecular weight excluding hydrogens is 457 g/mol. The lowest BCUT2D eigenvalue weighted by atomic mass is 9.69. The maximum Gasteiger partial charge on any atom is 0.225 e. The molecule has 35 heavy (non-hydrogen) atoms. The number of amides is 1. The summed E-state index contributed by atoms with van der Waals surface area (Å²) in [6.45, 7) is 1.63. The van der Waals surface area contributed by atoms with Gasteiger partial charge in [-0.1, -0.05) is 0 Å². The molecule has 1 aromatic heterocycles. The zero-order chi connectivity index (χ0) is 24.7. The van der Waals surface area contributed by atoms with E-state index in [0.29, 0.717) is 62.1 Å². The monoisotopic (exact) mass is 486 g/mol. The molecule has 2 aliphatic rings. The SMILES string of the molecule is CN(CC1(CO)CCOCC1)C(=O)[C@H]1C[C@H](c2c(-c3ccc(F)cc3)[nH]c3c(F)cc(F)cc32)C1. The quantitative estimate of drug-likeness (QED) is 0.516. The summed E-state index contributed by atoms with van der Waals surface area (Å²) in [7, 11) is 1.77. The van der Waals surface area contributed by atoms with Crippen LogP contribution in [-0.2, 0) is 9.53 Å². The number of fused-ring (bicyclic) bond motifs is 1. The second-order valence-electron chi connectivity index (χ2n) is 10.1. The molecule has 0 bridgehead atoms. The van der Waals surface area contributed by atoms with Crippen LogP contribution >= 0.6 is 0 Å². The number of aliphatic hydroxyl groups excluding tert-OH is 1. The second-order valence-corrected chi connectivity index (χ2v) is 10.1. The summed E-state index contributed by atoms with van der Waals surface area (Å²) >= 11 is 0. The van der Waals surface area contributed by atoms with E-state index in [1.54, 1.807) is 24.1 Å². The lowest BCUT2D eigenvalue weighted by Gasteiger charge is -2.42. The van der Waals surface area contributed by atoms with Crippen LogP contribution in [0.4, 0.5) is 13.2 Å². The van der Waals surface area contributed by atoms with E-state index >= 15 is 0 Å². The van der Waals surface area contributed by atoms with Crippen molar-refractivity contribution in [1.29, 1.82) is 0 Å². The average molecular weight is 487 g/mol. The summed E-state index contributed by atoms with van der Waals surface area (Å²) in [4.78, 5) is 18.0. The van der Waals surface area contributed by atoms with Gasteiger partial charge in [0.25, 0.3) is 0 Å². The van der Waals surface area contributed by atoms with Crippen LogP contribution < -0.4 is 0 Å². The molecule has 1 aliphatic heterocycles. The minimum atomic E-state index is -0.688. The van der Waals surface area contributed by atoms with Crippen molar-refractivity contribution in [1.82, 2.24) is 9.88 Å². The zero-order valence-corrected chi connectivity index (χ0v) is 19.6. The highest BCUT2D eigenvalue weighted by Gasteiger charge is 2.41. The predicted molar refractivity (Wildman–Crippen MR) is 126 cm³/mol. The Morgan fingerprint density at radius 1 is 1.11 bits per heavy atom. The Bertz CT molecular complexity index is 1230. The molecule has 0 unspecified atom stereocenters. The molecule has 186 valence electrons. The van der Waals surface area contributed by atoms with E-state index < -0.39 is 11.6 Å². The average Bonchev–Trinajstić information content (AvgIpc) is 3.18. The van der Waals surface area contributed by atoms with Crippen LogP contribution in [0, 0.1) is 28.8 Å². The number of hydrogen-bond acceptors (Lipinski definition) is 3. The number of H-pyrrole nitrogens is 1. The maximum absolute atomic E-state index is 14.6. The van der Waals surface area contributed by atoms with Crippen molar-refractivity contribution >= 4 is 16.8 Å². The first-order chi connectivity index (χ1) is 16.8. The molecule has 0 atom stereocenters. The summed E-state index contributed by atoms with van der Waals surface area (Å²) in [5.41, 5.74) is 1.92. The molecule has 2 aromatic carbocycles. The molecule has 2 fully saturated rings. The predicted octanol–water partition coefficient (Wildman–Crippen LogP) is 4.99. The van der Waals surface area contributed by atoms with E-state index in [2.05, 4.69) is 4.98 Å². The molecule has 5 rings (SSSR count). The Morgan fingerprint density at radius 3 is 2.46 bits per heavy atom. The van der Waals surface area contributed by atoms with Gasteiger partial charge in [-0.2, -0.15) is 0 Å². The van der Waals surface area contributed by atoms with Gasteiger partial charge in [0.05, 0.1) is 17.8 Å². The van der Waals surface area contributed by atoms with Gasteiger partial charge in [-0.3, -0.25) is 4.79 Å². The second kappa shape index (κ2) is 9.32. The summed E-state index contributed by atoms with van der Waals surface area (Å²) in [6, 6.07) is 8.03. The Balaban J connectivity index is 1.38. The lowest BCUT2D eigenvalue weighted by molar-refractivity contribution is -0.140. The third kappa shape index (κ3) is 4.45. The van der Waals surface area contributed by atoms with Crippen molar-refractivity contribution in [3.05, 3.63) is 59.4 Å². The number of halogens is 3. The van der Waals surface area contributed by atoms with Gasteiger partial charge in [-0.05, 0) is 73.1 Å². The van der Waals surface area contributed by atoms with Gasteiger partial charge in [0.15, 0.2) is 0 Å². The van der Waals surface area contributed by atoms with Crippen molar-refractivity contribution in [2.45, 2.75) is 31.6 Å². The molecule has 3 aromatic rings. The Hall–Kier alpha value is -2.84. The third-order valence-corrected chi connectivity index (χ3v) is 7.73. The molecule has 0 spiro atoms. The Labute approximate surface area is 201 Å². The van der Waals surface area contributed by atoms with Crippen LogP contribution in [0.2, 0.25) is 0 Å². The largest absolute Gasteiger partial charge is 0.396 e. The first-order valence-electron chi connectivity index (χ1n) is 12.0. The van der Waals surface area contributed by atoms with Gasteiger partial charge in [-0.15, -0.1) is 0 Å². The van der Waals surface area contributed by atoms with Crippen LogP contribution in [0.1, 0.15) is 37.2 Å². The Kier molecular flexibility index (Phi) is 6.36. The molecule has 2 heterocycles. The highest BCUT2D eigenvalue weighted by Crippen LogP contribution is 2.49. The van der Waals surface area contributed by atoms with E-state index in [4.69, 9.17) is 4.74 Å². The number of carbonyl (C=O) groups is 1. The minimum Gasteiger partial charge on any atom is -0.396 e. The fraction of sp³-hybridized carbons (Fsp3) is 0.444. The van der Waals surface area contributed by atoms with Crippen LogP contribution in [0.5, 0.6) is 0 Å². The minimum absolute atomic E-state index is 0.00870.